The third kappa shape index (κ3) is 2.66. The second-order valence-corrected chi connectivity index (χ2v) is 5.21. The molecule has 0 saturated carbocycles. The molecule has 1 aliphatic rings. The van der Waals surface area contributed by atoms with Gasteiger partial charge in [-0.25, -0.2) is 0 Å². The van der Waals surface area contributed by atoms with E-state index in [1.54, 1.807) is 18.2 Å². The minimum Gasteiger partial charge on any atom is -0.505 e. The van der Waals surface area contributed by atoms with E-state index in [-0.39, 0.29) is 11.7 Å². The lowest BCUT2D eigenvalue weighted by Gasteiger charge is -2.31. The molecule has 0 unspecified atom stereocenters. The highest BCUT2D eigenvalue weighted by Crippen LogP contribution is 2.32. The van der Waals surface area contributed by atoms with Crippen LogP contribution in [-0.2, 0) is 9.53 Å². The summed E-state index contributed by atoms with van der Waals surface area (Å²) in [6.07, 6.45) is 0.960. The molecule has 98 valence electrons. The van der Waals surface area contributed by atoms with Crippen molar-refractivity contribution in [3.8, 4) is 5.75 Å². The van der Waals surface area contributed by atoms with Crippen LogP contribution in [0.15, 0.2) is 22.7 Å². The number of amides is 1. The van der Waals surface area contributed by atoms with Crippen LogP contribution < -0.4 is 11.1 Å². The van der Waals surface area contributed by atoms with E-state index in [0.29, 0.717) is 36.2 Å². The van der Waals surface area contributed by atoms with Gasteiger partial charge in [-0.15, -0.1) is 0 Å². The maximum atomic E-state index is 12.1. The Bertz CT molecular complexity index is 459. The number of hydrogen-bond acceptors (Lipinski definition) is 4. The van der Waals surface area contributed by atoms with Gasteiger partial charge in [-0.05, 0) is 40.9 Å². The van der Waals surface area contributed by atoms with Crippen LogP contribution in [0.3, 0.4) is 0 Å². The third-order valence-corrected chi connectivity index (χ3v) is 3.71. The van der Waals surface area contributed by atoms with Crippen molar-refractivity contribution in [3.05, 3.63) is 22.7 Å². The van der Waals surface area contributed by atoms with E-state index in [0.717, 1.165) is 0 Å². The van der Waals surface area contributed by atoms with E-state index in [4.69, 9.17) is 10.5 Å². The van der Waals surface area contributed by atoms with Crippen molar-refractivity contribution in [1.82, 2.24) is 0 Å². The molecule has 0 atom stereocenters. The Kier molecular flexibility index (Phi) is 3.89. The first-order chi connectivity index (χ1) is 8.53. The first-order valence-electron chi connectivity index (χ1n) is 5.68. The number of carbonyl (C=O) groups excluding carboxylic acids is 1. The zero-order valence-corrected chi connectivity index (χ0v) is 11.4. The van der Waals surface area contributed by atoms with Crippen LogP contribution in [0.2, 0.25) is 0 Å². The number of para-hydroxylation sites is 1. The first kappa shape index (κ1) is 13.3. The number of phenolic OH excluding ortho intramolecular Hbond substituents is 1. The Balaban J connectivity index is 2.13. The summed E-state index contributed by atoms with van der Waals surface area (Å²) in [4.78, 5) is 12.1. The molecule has 4 N–H and O–H groups in total. The highest BCUT2D eigenvalue weighted by Gasteiger charge is 2.36. The number of rotatable bonds is 2. The highest BCUT2D eigenvalue weighted by molar-refractivity contribution is 9.10. The number of ether oxygens (including phenoxy) is 1. The number of phenols is 1. The van der Waals surface area contributed by atoms with Gasteiger partial charge in [-0.2, -0.15) is 0 Å². The normalized spacial score (nSPS) is 18.3. The molecule has 1 fully saturated rings. The molecule has 0 spiro atoms. The standard InChI is InChI=1S/C12H15BrN2O3/c13-8-2-1-3-9(10(8)16)15-11(17)12(14)4-6-18-7-5-12/h1-3,16H,4-7,14H2,(H,15,17). The number of nitrogens with one attached hydrogen (secondary N) is 1. The molecule has 2 rings (SSSR count). The zero-order chi connectivity index (χ0) is 13.2. The SMILES string of the molecule is NC1(C(=O)Nc2cccc(Br)c2O)CCOCC1. The molecular weight excluding hydrogens is 300 g/mol. The predicted molar refractivity (Wildman–Crippen MR) is 71.4 cm³/mol. The number of anilines is 1. The zero-order valence-electron chi connectivity index (χ0n) is 9.78. The van der Waals surface area contributed by atoms with Crippen LogP contribution in [0, 0.1) is 0 Å². The van der Waals surface area contributed by atoms with E-state index < -0.39 is 5.54 Å². The van der Waals surface area contributed by atoms with Crippen LogP contribution in [0.25, 0.3) is 0 Å². The van der Waals surface area contributed by atoms with E-state index in [1.165, 1.54) is 0 Å². The Hall–Kier alpha value is -1.11. The largest absolute Gasteiger partial charge is 0.505 e. The Morgan fingerprint density at radius 2 is 2.11 bits per heavy atom. The van der Waals surface area contributed by atoms with Gasteiger partial charge in [0.15, 0.2) is 5.75 Å². The molecule has 1 aromatic carbocycles. The summed E-state index contributed by atoms with van der Waals surface area (Å²) in [6, 6.07) is 5.05. The number of benzene rings is 1. The summed E-state index contributed by atoms with van der Waals surface area (Å²) in [6.45, 7) is 0.961. The van der Waals surface area contributed by atoms with Crippen molar-refractivity contribution in [2.75, 3.05) is 18.5 Å². The smallest absolute Gasteiger partial charge is 0.244 e. The summed E-state index contributed by atoms with van der Waals surface area (Å²) in [5, 5.41) is 12.5. The van der Waals surface area contributed by atoms with Gasteiger partial charge in [0.1, 0.15) is 5.54 Å². The first-order valence-corrected chi connectivity index (χ1v) is 6.48. The molecule has 0 aromatic heterocycles. The molecule has 1 amide bonds. The van der Waals surface area contributed by atoms with Crippen molar-refractivity contribution in [3.63, 3.8) is 0 Å². The summed E-state index contributed by atoms with van der Waals surface area (Å²) < 4.78 is 5.72. The van der Waals surface area contributed by atoms with Crippen molar-refractivity contribution in [1.29, 1.82) is 0 Å². The van der Waals surface area contributed by atoms with Crippen LogP contribution in [-0.4, -0.2) is 29.8 Å². The summed E-state index contributed by atoms with van der Waals surface area (Å²) in [5.41, 5.74) is 5.48. The average Bonchev–Trinajstić information content (AvgIpc) is 2.36. The maximum Gasteiger partial charge on any atom is 0.244 e. The maximum absolute atomic E-state index is 12.1. The number of halogens is 1. The minimum atomic E-state index is -0.924. The number of hydrogen-bond donors (Lipinski definition) is 3. The summed E-state index contributed by atoms with van der Waals surface area (Å²) in [5.74, 6) is -0.291. The molecule has 0 bridgehead atoms. The molecule has 6 heteroatoms. The Morgan fingerprint density at radius 1 is 1.44 bits per heavy atom. The molecule has 1 heterocycles. The second kappa shape index (κ2) is 5.26. The van der Waals surface area contributed by atoms with Gasteiger partial charge in [0.2, 0.25) is 5.91 Å². The fourth-order valence-electron chi connectivity index (χ4n) is 1.83. The summed E-state index contributed by atoms with van der Waals surface area (Å²) >= 11 is 3.19. The van der Waals surface area contributed by atoms with Gasteiger partial charge in [-0.3, -0.25) is 4.79 Å². The molecule has 5 nitrogen and oxygen atoms in total. The van der Waals surface area contributed by atoms with Gasteiger partial charge in [0.25, 0.3) is 0 Å². The van der Waals surface area contributed by atoms with Crippen LogP contribution in [0.5, 0.6) is 5.75 Å². The predicted octanol–water partition coefficient (Wildman–Crippen LogP) is 1.60. The van der Waals surface area contributed by atoms with Gasteiger partial charge >= 0.3 is 0 Å². The van der Waals surface area contributed by atoms with E-state index >= 15 is 0 Å². The lowest BCUT2D eigenvalue weighted by molar-refractivity contribution is -0.124. The van der Waals surface area contributed by atoms with Crippen LogP contribution >= 0.6 is 15.9 Å². The quantitative estimate of drug-likeness (QED) is 0.724. The fourth-order valence-corrected chi connectivity index (χ4v) is 2.19. The van der Waals surface area contributed by atoms with Gasteiger partial charge in [0, 0.05) is 13.2 Å². The van der Waals surface area contributed by atoms with Gasteiger partial charge in [-0.1, -0.05) is 6.07 Å². The van der Waals surface area contributed by atoms with E-state index in [2.05, 4.69) is 21.2 Å². The highest BCUT2D eigenvalue weighted by atomic mass is 79.9. The molecule has 0 aliphatic carbocycles. The van der Waals surface area contributed by atoms with E-state index in [1.807, 2.05) is 0 Å². The molecular formula is C12H15BrN2O3. The van der Waals surface area contributed by atoms with Crippen molar-refractivity contribution < 1.29 is 14.6 Å². The fraction of sp³-hybridized carbons (Fsp3) is 0.417. The number of aromatic hydroxyl groups is 1. The molecule has 1 saturated heterocycles. The van der Waals surface area contributed by atoms with Crippen molar-refractivity contribution in [2.24, 2.45) is 5.73 Å². The van der Waals surface area contributed by atoms with Crippen molar-refractivity contribution >= 4 is 27.5 Å². The Morgan fingerprint density at radius 3 is 2.78 bits per heavy atom. The van der Waals surface area contributed by atoms with Gasteiger partial charge < -0.3 is 20.9 Å². The summed E-state index contributed by atoms with van der Waals surface area (Å²) in [7, 11) is 0. The van der Waals surface area contributed by atoms with Crippen LogP contribution in [0.1, 0.15) is 12.8 Å². The number of carbonyl (C=O) groups is 1. The lowest BCUT2D eigenvalue weighted by Crippen LogP contribution is -2.54. The Labute approximate surface area is 113 Å². The monoisotopic (exact) mass is 314 g/mol. The molecule has 1 aromatic rings. The lowest BCUT2D eigenvalue weighted by atomic mass is 9.90. The van der Waals surface area contributed by atoms with Crippen molar-refractivity contribution in [2.45, 2.75) is 18.4 Å². The van der Waals surface area contributed by atoms with E-state index in [9.17, 15) is 9.90 Å². The second-order valence-electron chi connectivity index (χ2n) is 4.36. The van der Waals surface area contributed by atoms with Crippen LogP contribution in [0.4, 0.5) is 5.69 Å². The topological polar surface area (TPSA) is 84.6 Å². The average molecular weight is 315 g/mol. The minimum absolute atomic E-state index is 0.00140. The van der Waals surface area contributed by atoms with Gasteiger partial charge in [0.05, 0.1) is 10.2 Å². The third-order valence-electron chi connectivity index (χ3n) is 3.07. The molecule has 0 radical (unpaired) electrons. The molecule has 1 aliphatic heterocycles. The molecule has 18 heavy (non-hydrogen) atoms. The number of nitrogens with two attached hydrogens (primary N) is 1.